The highest BCUT2D eigenvalue weighted by molar-refractivity contribution is 7.13. The molecule has 2 fully saturated rings. The minimum atomic E-state index is -0.108. The van der Waals surface area contributed by atoms with E-state index < -0.39 is 0 Å². The third-order valence-corrected chi connectivity index (χ3v) is 5.31. The van der Waals surface area contributed by atoms with Gasteiger partial charge in [0.1, 0.15) is 0 Å². The number of anilines is 1. The first-order valence-electron chi connectivity index (χ1n) is 8.68. The fourth-order valence-corrected chi connectivity index (χ4v) is 3.69. The Morgan fingerprint density at radius 1 is 1.00 bits per heavy atom. The molecule has 132 valence electrons. The summed E-state index contributed by atoms with van der Waals surface area (Å²) in [6.07, 6.45) is 6.38. The standard InChI is InChI=1S/C16H25N5O2S/c22-14(20-6-3-1-2-4-7-20)13-19-8-10-21(11-9-19)16(23)18-15-17-5-12-24-15/h5,12H,1-4,6-11,13H2,(H,17,18,23). The maximum Gasteiger partial charge on any atom is 0.323 e. The lowest BCUT2D eigenvalue weighted by molar-refractivity contribution is -0.132. The number of nitrogens with zero attached hydrogens (tertiary/aromatic N) is 4. The fourth-order valence-electron chi connectivity index (χ4n) is 3.18. The molecule has 0 aromatic carbocycles. The summed E-state index contributed by atoms with van der Waals surface area (Å²) < 4.78 is 0. The molecule has 2 saturated heterocycles. The summed E-state index contributed by atoms with van der Waals surface area (Å²) in [5.74, 6) is 0.234. The topological polar surface area (TPSA) is 68.8 Å². The van der Waals surface area contributed by atoms with Crippen LogP contribution in [0.3, 0.4) is 0 Å². The number of carbonyl (C=O) groups excluding carboxylic acids is 2. The van der Waals surface area contributed by atoms with E-state index in [1.54, 1.807) is 11.1 Å². The Hall–Kier alpha value is -1.67. The largest absolute Gasteiger partial charge is 0.342 e. The second-order valence-electron chi connectivity index (χ2n) is 6.33. The first-order chi connectivity index (χ1) is 11.7. The zero-order valence-electron chi connectivity index (χ0n) is 13.9. The zero-order chi connectivity index (χ0) is 16.8. The zero-order valence-corrected chi connectivity index (χ0v) is 14.8. The Morgan fingerprint density at radius 2 is 1.71 bits per heavy atom. The van der Waals surface area contributed by atoms with Crippen LogP contribution in [0.5, 0.6) is 0 Å². The summed E-state index contributed by atoms with van der Waals surface area (Å²) in [7, 11) is 0. The van der Waals surface area contributed by atoms with Gasteiger partial charge in [0.15, 0.2) is 5.13 Å². The van der Waals surface area contributed by atoms with Crippen LogP contribution < -0.4 is 5.32 Å². The molecule has 2 aliphatic heterocycles. The number of nitrogens with one attached hydrogen (secondary N) is 1. The number of carbonyl (C=O) groups is 2. The molecule has 2 aliphatic rings. The van der Waals surface area contributed by atoms with Crippen molar-refractivity contribution in [3.05, 3.63) is 11.6 Å². The number of urea groups is 1. The van der Waals surface area contributed by atoms with Gasteiger partial charge in [0, 0.05) is 50.8 Å². The fraction of sp³-hybridized carbons (Fsp3) is 0.688. The number of piperazine rings is 1. The van der Waals surface area contributed by atoms with Crippen molar-refractivity contribution in [2.24, 2.45) is 0 Å². The molecule has 3 heterocycles. The van der Waals surface area contributed by atoms with Crippen molar-refractivity contribution >= 4 is 28.4 Å². The van der Waals surface area contributed by atoms with Gasteiger partial charge < -0.3 is 9.80 Å². The van der Waals surface area contributed by atoms with Gasteiger partial charge in [0.2, 0.25) is 5.91 Å². The number of likely N-dealkylation sites (tertiary alicyclic amines) is 1. The second-order valence-corrected chi connectivity index (χ2v) is 7.22. The van der Waals surface area contributed by atoms with Crippen molar-refractivity contribution in [3.8, 4) is 0 Å². The van der Waals surface area contributed by atoms with Gasteiger partial charge in [-0.1, -0.05) is 12.8 Å². The molecule has 0 unspecified atom stereocenters. The lowest BCUT2D eigenvalue weighted by atomic mass is 10.2. The van der Waals surface area contributed by atoms with E-state index in [-0.39, 0.29) is 11.9 Å². The molecule has 1 N–H and O–H groups in total. The number of aromatic nitrogens is 1. The predicted octanol–water partition coefficient (Wildman–Crippen LogP) is 1.70. The summed E-state index contributed by atoms with van der Waals surface area (Å²) >= 11 is 1.41. The quantitative estimate of drug-likeness (QED) is 0.900. The van der Waals surface area contributed by atoms with Gasteiger partial charge in [-0.3, -0.25) is 15.0 Å². The molecule has 8 heteroatoms. The van der Waals surface area contributed by atoms with Crippen molar-refractivity contribution < 1.29 is 9.59 Å². The van der Waals surface area contributed by atoms with Crippen LogP contribution in [-0.2, 0) is 4.79 Å². The third-order valence-electron chi connectivity index (χ3n) is 4.62. The van der Waals surface area contributed by atoms with E-state index in [2.05, 4.69) is 15.2 Å². The molecule has 0 spiro atoms. The minimum Gasteiger partial charge on any atom is -0.342 e. The predicted molar refractivity (Wildman–Crippen MR) is 94.2 cm³/mol. The van der Waals surface area contributed by atoms with Gasteiger partial charge in [0.05, 0.1) is 6.54 Å². The SMILES string of the molecule is O=C(CN1CCN(C(=O)Nc2nccs2)CC1)N1CCCCCC1. The average Bonchev–Trinajstić information content (AvgIpc) is 2.94. The van der Waals surface area contributed by atoms with Crippen LogP contribution >= 0.6 is 11.3 Å². The molecule has 1 aromatic heterocycles. The number of hydrogen-bond acceptors (Lipinski definition) is 5. The van der Waals surface area contributed by atoms with Crippen LogP contribution in [0.25, 0.3) is 0 Å². The highest BCUT2D eigenvalue weighted by Crippen LogP contribution is 2.13. The summed E-state index contributed by atoms with van der Waals surface area (Å²) in [6.45, 7) is 5.04. The summed E-state index contributed by atoms with van der Waals surface area (Å²) in [5, 5.41) is 5.27. The smallest absolute Gasteiger partial charge is 0.323 e. The molecule has 24 heavy (non-hydrogen) atoms. The minimum absolute atomic E-state index is 0.108. The third kappa shape index (κ3) is 4.67. The first kappa shape index (κ1) is 17.2. The van der Waals surface area contributed by atoms with Gasteiger partial charge in [-0.2, -0.15) is 0 Å². The summed E-state index contributed by atoms with van der Waals surface area (Å²) in [6, 6.07) is -0.108. The molecular formula is C16H25N5O2S. The molecule has 1 aromatic rings. The molecule has 0 aliphatic carbocycles. The highest BCUT2D eigenvalue weighted by Gasteiger charge is 2.24. The van der Waals surface area contributed by atoms with Crippen LogP contribution in [0.4, 0.5) is 9.93 Å². The van der Waals surface area contributed by atoms with Crippen molar-refractivity contribution in [2.45, 2.75) is 25.7 Å². The van der Waals surface area contributed by atoms with Gasteiger partial charge in [-0.05, 0) is 12.8 Å². The summed E-state index contributed by atoms with van der Waals surface area (Å²) in [4.78, 5) is 34.6. The van der Waals surface area contributed by atoms with E-state index >= 15 is 0 Å². The molecule has 3 amide bonds. The van der Waals surface area contributed by atoms with Gasteiger partial charge in [-0.15, -0.1) is 11.3 Å². The van der Waals surface area contributed by atoms with Crippen molar-refractivity contribution in [1.29, 1.82) is 0 Å². The highest BCUT2D eigenvalue weighted by atomic mass is 32.1. The molecule has 0 saturated carbocycles. The number of rotatable bonds is 3. The molecule has 0 bridgehead atoms. The lowest BCUT2D eigenvalue weighted by Crippen LogP contribution is -2.52. The Morgan fingerprint density at radius 3 is 2.33 bits per heavy atom. The van der Waals surface area contributed by atoms with Crippen LogP contribution in [0, 0.1) is 0 Å². The second kappa shape index (κ2) is 8.43. The molecule has 0 radical (unpaired) electrons. The van der Waals surface area contributed by atoms with E-state index in [1.807, 2.05) is 10.3 Å². The number of hydrogen-bond donors (Lipinski definition) is 1. The molecular weight excluding hydrogens is 326 g/mol. The Labute approximate surface area is 146 Å². The normalized spacial score (nSPS) is 19.8. The maximum absolute atomic E-state index is 12.4. The molecule has 7 nitrogen and oxygen atoms in total. The maximum atomic E-state index is 12.4. The van der Waals surface area contributed by atoms with Crippen molar-refractivity contribution in [2.75, 3.05) is 51.1 Å². The van der Waals surface area contributed by atoms with Gasteiger partial charge in [0.25, 0.3) is 0 Å². The van der Waals surface area contributed by atoms with Crippen LogP contribution in [0.1, 0.15) is 25.7 Å². The van der Waals surface area contributed by atoms with E-state index in [4.69, 9.17) is 0 Å². The summed E-state index contributed by atoms with van der Waals surface area (Å²) in [5.41, 5.74) is 0. The molecule has 0 atom stereocenters. The van der Waals surface area contributed by atoms with E-state index in [0.717, 1.165) is 39.0 Å². The monoisotopic (exact) mass is 351 g/mol. The van der Waals surface area contributed by atoms with Crippen molar-refractivity contribution in [3.63, 3.8) is 0 Å². The van der Waals surface area contributed by atoms with E-state index in [1.165, 1.54) is 24.2 Å². The van der Waals surface area contributed by atoms with Crippen LogP contribution in [0.2, 0.25) is 0 Å². The van der Waals surface area contributed by atoms with E-state index in [9.17, 15) is 9.59 Å². The van der Waals surface area contributed by atoms with Gasteiger partial charge >= 0.3 is 6.03 Å². The number of amides is 3. The molecule has 3 rings (SSSR count). The van der Waals surface area contributed by atoms with E-state index in [0.29, 0.717) is 24.8 Å². The van der Waals surface area contributed by atoms with Gasteiger partial charge in [-0.25, -0.2) is 9.78 Å². The average molecular weight is 351 g/mol. The van der Waals surface area contributed by atoms with Crippen LogP contribution in [-0.4, -0.2) is 77.4 Å². The Kier molecular flexibility index (Phi) is 6.03. The van der Waals surface area contributed by atoms with Crippen molar-refractivity contribution in [1.82, 2.24) is 19.7 Å². The first-order valence-corrected chi connectivity index (χ1v) is 9.56. The Balaban J connectivity index is 1.41. The van der Waals surface area contributed by atoms with Crippen LogP contribution in [0.15, 0.2) is 11.6 Å². The Bertz CT molecular complexity index is 535. The lowest BCUT2D eigenvalue weighted by Gasteiger charge is -2.35. The number of thiazole rings is 1.